The van der Waals surface area contributed by atoms with Gasteiger partial charge in [0, 0.05) is 33.5 Å². The summed E-state index contributed by atoms with van der Waals surface area (Å²) >= 11 is 0. The van der Waals surface area contributed by atoms with E-state index in [0.717, 1.165) is 19.6 Å². The lowest BCUT2D eigenvalue weighted by Crippen LogP contribution is -2.46. The third-order valence-electron chi connectivity index (χ3n) is 4.46. The van der Waals surface area contributed by atoms with Crippen molar-refractivity contribution >= 4 is 18.0 Å². The molecule has 1 aromatic carbocycles. The van der Waals surface area contributed by atoms with Gasteiger partial charge in [0.05, 0.1) is 12.2 Å². The second kappa shape index (κ2) is 8.32. The standard InChI is InChI=1S/C21H27NO6/c1-14-12-22(13-15(2)26-14)8-9-25-17-7-5-6-16(10-17)11-18-19(23)27-21(3,4)28-20(18)24/h5-7,10-11,14-15H,8-9,12-13H2,1-4H3. The van der Waals surface area contributed by atoms with E-state index >= 15 is 0 Å². The topological polar surface area (TPSA) is 74.3 Å². The van der Waals surface area contributed by atoms with Gasteiger partial charge in [-0.2, -0.15) is 0 Å². The van der Waals surface area contributed by atoms with Gasteiger partial charge in [-0.1, -0.05) is 12.1 Å². The maximum Gasteiger partial charge on any atom is 0.348 e. The molecule has 0 aromatic heterocycles. The molecule has 3 rings (SSSR count). The van der Waals surface area contributed by atoms with Gasteiger partial charge in [0.25, 0.3) is 5.79 Å². The van der Waals surface area contributed by atoms with Crippen LogP contribution in [0, 0.1) is 0 Å². The molecule has 7 heteroatoms. The molecule has 152 valence electrons. The predicted molar refractivity (Wildman–Crippen MR) is 103 cm³/mol. The molecule has 0 amide bonds. The molecule has 0 spiro atoms. The predicted octanol–water partition coefficient (Wildman–Crippen LogP) is 2.39. The number of carbonyl (C=O) groups excluding carboxylic acids is 2. The molecule has 2 fully saturated rings. The minimum atomic E-state index is -1.25. The maximum atomic E-state index is 12.1. The lowest BCUT2D eigenvalue weighted by Gasteiger charge is -2.35. The van der Waals surface area contributed by atoms with Gasteiger partial charge >= 0.3 is 11.9 Å². The van der Waals surface area contributed by atoms with Crippen molar-refractivity contribution in [2.45, 2.75) is 45.7 Å². The number of ether oxygens (including phenoxy) is 4. The van der Waals surface area contributed by atoms with Crippen molar-refractivity contribution in [3.63, 3.8) is 0 Å². The first-order valence-corrected chi connectivity index (χ1v) is 9.51. The molecule has 0 saturated carbocycles. The Morgan fingerprint density at radius 1 is 1.14 bits per heavy atom. The molecule has 2 saturated heterocycles. The Hall–Kier alpha value is -2.38. The van der Waals surface area contributed by atoms with Crippen molar-refractivity contribution in [2.24, 2.45) is 0 Å². The molecule has 7 nitrogen and oxygen atoms in total. The summed E-state index contributed by atoms with van der Waals surface area (Å²) in [5.41, 5.74) is 0.530. The fourth-order valence-corrected chi connectivity index (χ4v) is 3.40. The zero-order valence-electron chi connectivity index (χ0n) is 16.8. The van der Waals surface area contributed by atoms with Crippen LogP contribution in [0.15, 0.2) is 29.8 Å². The zero-order valence-corrected chi connectivity index (χ0v) is 16.8. The molecule has 2 heterocycles. The molecule has 2 aliphatic heterocycles. The number of hydrogen-bond acceptors (Lipinski definition) is 7. The van der Waals surface area contributed by atoms with E-state index in [1.54, 1.807) is 12.1 Å². The Morgan fingerprint density at radius 2 is 1.79 bits per heavy atom. The number of hydrogen-bond donors (Lipinski definition) is 0. The van der Waals surface area contributed by atoms with Crippen LogP contribution < -0.4 is 4.74 Å². The van der Waals surface area contributed by atoms with Crippen LogP contribution in [0.3, 0.4) is 0 Å². The maximum absolute atomic E-state index is 12.1. The molecule has 2 unspecified atom stereocenters. The summed E-state index contributed by atoms with van der Waals surface area (Å²) in [6.45, 7) is 10.3. The van der Waals surface area contributed by atoms with Crippen LogP contribution in [-0.4, -0.2) is 61.1 Å². The molecule has 0 aliphatic carbocycles. The lowest BCUT2D eigenvalue weighted by atomic mass is 10.1. The van der Waals surface area contributed by atoms with E-state index in [0.29, 0.717) is 17.9 Å². The lowest BCUT2D eigenvalue weighted by molar-refractivity contribution is -0.222. The first-order chi connectivity index (χ1) is 13.2. The van der Waals surface area contributed by atoms with E-state index in [-0.39, 0.29) is 17.8 Å². The third kappa shape index (κ3) is 5.33. The van der Waals surface area contributed by atoms with Crippen LogP contribution in [0.5, 0.6) is 5.75 Å². The molecule has 28 heavy (non-hydrogen) atoms. The Bertz CT molecular complexity index is 740. The molecule has 0 radical (unpaired) electrons. The van der Waals surface area contributed by atoms with E-state index in [2.05, 4.69) is 18.7 Å². The second-order valence-corrected chi connectivity index (χ2v) is 7.67. The molecule has 1 aromatic rings. The van der Waals surface area contributed by atoms with Crippen molar-refractivity contribution in [2.75, 3.05) is 26.2 Å². The first-order valence-electron chi connectivity index (χ1n) is 9.51. The SMILES string of the molecule is CC1CN(CCOc2cccc(C=C3C(=O)OC(C)(C)OC3=O)c2)CC(C)O1. The second-order valence-electron chi connectivity index (χ2n) is 7.67. The van der Waals surface area contributed by atoms with E-state index < -0.39 is 17.7 Å². The summed E-state index contributed by atoms with van der Waals surface area (Å²) in [6, 6.07) is 7.21. The van der Waals surface area contributed by atoms with Crippen LogP contribution in [-0.2, 0) is 23.8 Å². The van der Waals surface area contributed by atoms with Crippen molar-refractivity contribution < 1.29 is 28.5 Å². The van der Waals surface area contributed by atoms with Gasteiger partial charge in [-0.3, -0.25) is 4.90 Å². The molecular weight excluding hydrogens is 362 g/mol. The number of cyclic esters (lactones) is 2. The van der Waals surface area contributed by atoms with Crippen molar-refractivity contribution in [3.8, 4) is 5.75 Å². The minimum Gasteiger partial charge on any atom is -0.492 e. The Balaban J connectivity index is 1.60. The van der Waals surface area contributed by atoms with Crippen molar-refractivity contribution in [1.82, 2.24) is 4.90 Å². The number of esters is 2. The van der Waals surface area contributed by atoms with Crippen LogP contribution in [0.25, 0.3) is 6.08 Å². The highest BCUT2D eigenvalue weighted by molar-refractivity contribution is 6.18. The first kappa shape index (κ1) is 20.4. The van der Waals surface area contributed by atoms with Gasteiger partial charge in [0.2, 0.25) is 0 Å². The monoisotopic (exact) mass is 389 g/mol. The van der Waals surface area contributed by atoms with E-state index in [4.69, 9.17) is 18.9 Å². The summed E-state index contributed by atoms with van der Waals surface area (Å²) in [4.78, 5) is 26.5. The highest BCUT2D eigenvalue weighted by atomic mass is 16.7. The largest absolute Gasteiger partial charge is 0.492 e. The van der Waals surface area contributed by atoms with Gasteiger partial charge < -0.3 is 18.9 Å². The van der Waals surface area contributed by atoms with E-state index in [1.165, 1.54) is 19.9 Å². The van der Waals surface area contributed by atoms with E-state index in [9.17, 15) is 9.59 Å². The summed E-state index contributed by atoms with van der Waals surface area (Å²) in [6.07, 6.45) is 1.90. The minimum absolute atomic E-state index is 0.132. The summed E-state index contributed by atoms with van der Waals surface area (Å²) < 4.78 is 21.8. The van der Waals surface area contributed by atoms with Gasteiger partial charge in [-0.05, 0) is 37.6 Å². The number of carbonyl (C=O) groups is 2. The zero-order chi connectivity index (χ0) is 20.3. The smallest absolute Gasteiger partial charge is 0.348 e. The highest BCUT2D eigenvalue weighted by Gasteiger charge is 2.38. The quantitative estimate of drug-likeness (QED) is 0.435. The van der Waals surface area contributed by atoms with Crippen LogP contribution in [0.4, 0.5) is 0 Å². The highest BCUT2D eigenvalue weighted by Crippen LogP contribution is 2.25. The van der Waals surface area contributed by atoms with Crippen molar-refractivity contribution in [3.05, 3.63) is 35.4 Å². The summed E-state index contributed by atoms with van der Waals surface area (Å²) in [5.74, 6) is -1.96. The molecule has 0 N–H and O–H groups in total. The molecule has 2 atom stereocenters. The fourth-order valence-electron chi connectivity index (χ4n) is 3.40. The van der Waals surface area contributed by atoms with Gasteiger partial charge in [-0.25, -0.2) is 9.59 Å². The van der Waals surface area contributed by atoms with Gasteiger partial charge in [0.15, 0.2) is 0 Å². The Labute approximate surface area is 165 Å². The average Bonchev–Trinajstić information content (AvgIpc) is 2.57. The fraction of sp³-hybridized carbons (Fsp3) is 0.524. The number of benzene rings is 1. The van der Waals surface area contributed by atoms with Crippen LogP contribution >= 0.6 is 0 Å². The number of nitrogens with zero attached hydrogens (tertiary/aromatic N) is 1. The summed E-state index contributed by atoms with van der Waals surface area (Å²) in [7, 11) is 0. The summed E-state index contributed by atoms with van der Waals surface area (Å²) in [5, 5.41) is 0. The Kier molecular flexibility index (Phi) is 6.05. The van der Waals surface area contributed by atoms with Gasteiger partial charge in [0.1, 0.15) is 17.9 Å². The van der Waals surface area contributed by atoms with Crippen LogP contribution in [0.2, 0.25) is 0 Å². The third-order valence-corrected chi connectivity index (χ3v) is 4.46. The average molecular weight is 389 g/mol. The van der Waals surface area contributed by atoms with Gasteiger partial charge in [-0.15, -0.1) is 0 Å². The number of morpholine rings is 1. The normalized spacial score (nSPS) is 25.1. The molecule has 0 bridgehead atoms. The Morgan fingerprint density at radius 3 is 2.43 bits per heavy atom. The molecular formula is C21H27NO6. The molecule has 2 aliphatic rings. The number of rotatable bonds is 5. The van der Waals surface area contributed by atoms with E-state index in [1.807, 2.05) is 12.1 Å². The van der Waals surface area contributed by atoms with Crippen molar-refractivity contribution in [1.29, 1.82) is 0 Å². The van der Waals surface area contributed by atoms with Crippen LogP contribution in [0.1, 0.15) is 33.3 Å².